The molecule has 0 atom stereocenters. The average molecular weight is 316 g/mol. The van der Waals surface area contributed by atoms with Gasteiger partial charge < -0.3 is 0 Å². The van der Waals surface area contributed by atoms with Crippen LogP contribution in [0, 0.1) is 0 Å². The third kappa shape index (κ3) is 1.88. The zero-order chi connectivity index (χ0) is 16.7. The Morgan fingerprint density at radius 2 is 1.83 bits per heavy atom. The van der Waals surface area contributed by atoms with E-state index in [0.29, 0.717) is 17.7 Å². The van der Waals surface area contributed by atoms with Gasteiger partial charge in [0.25, 0.3) is 5.56 Å². The minimum atomic E-state index is -0.0734. The highest BCUT2D eigenvalue weighted by Crippen LogP contribution is 2.36. The standard InChI is InChI=1S/C19H16N4O/c1-2-3-7-15-17(21-22-20)14-10-6-9-13-12-8-4-5-11-16(12)23(18(13)14)19(15)24/h4-6,8-11H,2-3,7H2,1H3. The average Bonchev–Trinajstić information content (AvgIpc) is 2.95. The molecule has 0 radical (unpaired) electrons. The molecule has 24 heavy (non-hydrogen) atoms. The molecule has 118 valence electrons. The molecule has 2 aromatic heterocycles. The summed E-state index contributed by atoms with van der Waals surface area (Å²) >= 11 is 0. The Kier molecular flexibility index (Phi) is 3.36. The van der Waals surface area contributed by atoms with Crippen molar-refractivity contribution in [3.63, 3.8) is 0 Å². The van der Waals surface area contributed by atoms with Gasteiger partial charge in [0.1, 0.15) is 0 Å². The van der Waals surface area contributed by atoms with E-state index in [1.165, 1.54) is 0 Å². The van der Waals surface area contributed by atoms with Gasteiger partial charge in [0.05, 0.1) is 16.7 Å². The van der Waals surface area contributed by atoms with Crippen LogP contribution in [-0.2, 0) is 6.42 Å². The quantitative estimate of drug-likeness (QED) is 0.285. The van der Waals surface area contributed by atoms with Gasteiger partial charge in [-0.25, -0.2) is 0 Å². The Balaban J connectivity index is 2.30. The smallest absolute Gasteiger partial charge is 0.259 e. The third-order valence-electron chi connectivity index (χ3n) is 4.62. The Bertz CT molecular complexity index is 1170. The fourth-order valence-corrected chi connectivity index (χ4v) is 3.56. The highest BCUT2D eigenvalue weighted by molar-refractivity contribution is 6.16. The molecule has 0 bridgehead atoms. The number of nitrogens with zero attached hydrogens (tertiary/aromatic N) is 4. The van der Waals surface area contributed by atoms with E-state index in [1.54, 1.807) is 4.40 Å². The van der Waals surface area contributed by atoms with Crippen LogP contribution in [-0.4, -0.2) is 4.40 Å². The molecular weight excluding hydrogens is 300 g/mol. The summed E-state index contributed by atoms with van der Waals surface area (Å²) in [4.78, 5) is 16.2. The van der Waals surface area contributed by atoms with Crippen molar-refractivity contribution < 1.29 is 0 Å². The van der Waals surface area contributed by atoms with Crippen LogP contribution in [0.5, 0.6) is 0 Å². The molecule has 0 spiro atoms. The van der Waals surface area contributed by atoms with E-state index in [0.717, 1.165) is 40.0 Å². The van der Waals surface area contributed by atoms with Crippen LogP contribution >= 0.6 is 0 Å². The highest BCUT2D eigenvalue weighted by Gasteiger charge is 2.19. The molecule has 0 N–H and O–H groups in total. The van der Waals surface area contributed by atoms with Gasteiger partial charge in [-0.1, -0.05) is 54.9 Å². The lowest BCUT2D eigenvalue weighted by molar-refractivity contribution is 0.786. The second kappa shape index (κ2) is 5.55. The van der Waals surface area contributed by atoms with Crippen molar-refractivity contribution in [1.29, 1.82) is 0 Å². The summed E-state index contributed by atoms with van der Waals surface area (Å²) in [6.07, 6.45) is 2.48. The number of unbranched alkanes of at least 4 members (excludes halogenated alkanes) is 1. The molecule has 2 aromatic carbocycles. The molecule has 0 saturated carbocycles. The van der Waals surface area contributed by atoms with E-state index in [9.17, 15) is 4.79 Å². The first-order valence-electron chi connectivity index (χ1n) is 8.13. The van der Waals surface area contributed by atoms with Crippen molar-refractivity contribution in [2.45, 2.75) is 26.2 Å². The fraction of sp³-hybridized carbons (Fsp3) is 0.211. The lowest BCUT2D eigenvalue weighted by Crippen LogP contribution is -2.18. The number of hydrogen-bond acceptors (Lipinski definition) is 2. The Morgan fingerprint density at radius 3 is 2.62 bits per heavy atom. The number of fused-ring (bicyclic) bond motifs is 3. The van der Waals surface area contributed by atoms with Crippen LogP contribution in [0.3, 0.4) is 0 Å². The van der Waals surface area contributed by atoms with E-state index in [1.807, 2.05) is 42.5 Å². The monoisotopic (exact) mass is 316 g/mol. The zero-order valence-electron chi connectivity index (χ0n) is 13.4. The highest BCUT2D eigenvalue weighted by atomic mass is 16.1. The minimum Gasteiger partial charge on any atom is -0.275 e. The summed E-state index contributed by atoms with van der Waals surface area (Å²) in [6.45, 7) is 2.08. The van der Waals surface area contributed by atoms with Gasteiger partial charge in [-0.05, 0) is 24.4 Å². The fourth-order valence-electron chi connectivity index (χ4n) is 3.56. The van der Waals surface area contributed by atoms with Crippen LogP contribution < -0.4 is 5.56 Å². The van der Waals surface area contributed by atoms with E-state index in [-0.39, 0.29) is 5.56 Å². The molecule has 4 aromatic rings. The molecule has 4 rings (SSSR count). The number of aromatic nitrogens is 1. The number of benzene rings is 2. The Hall–Kier alpha value is -3.04. The SMILES string of the molecule is CCCCc1c(N=[N+]=[N-])c2cccc3c4ccccc4n(c1=O)c23. The summed E-state index contributed by atoms with van der Waals surface area (Å²) in [6, 6.07) is 13.8. The molecule has 0 aliphatic heterocycles. The Morgan fingerprint density at radius 1 is 1.08 bits per heavy atom. The van der Waals surface area contributed by atoms with Crippen molar-refractivity contribution in [2.24, 2.45) is 5.11 Å². The molecular formula is C19H16N4O. The van der Waals surface area contributed by atoms with Gasteiger partial charge in [0.2, 0.25) is 0 Å². The van der Waals surface area contributed by atoms with Crippen LogP contribution in [0.4, 0.5) is 5.69 Å². The van der Waals surface area contributed by atoms with Gasteiger partial charge in [0, 0.05) is 26.6 Å². The Labute approximate surface area is 138 Å². The number of pyridine rings is 1. The second-order valence-corrected chi connectivity index (χ2v) is 5.98. The maximum atomic E-state index is 13.2. The first-order chi connectivity index (χ1) is 11.8. The van der Waals surface area contributed by atoms with Gasteiger partial charge in [-0.3, -0.25) is 9.20 Å². The number of azide groups is 1. The lowest BCUT2D eigenvalue weighted by Gasteiger charge is -2.10. The van der Waals surface area contributed by atoms with Crippen molar-refractivity contribution >= 4 is 32.9 Å². The summed E-state index contributed by atoms with van der Waals surface area (Å²) in [5.41, 5.74) is 11.8. The van der Waals surface area contributed by atoms with Gasteiger partial charge in [0.15, 0.2) is 0 Å². The van der Waals surface area contributed by atoms with Gasteiger partial charge >= 0.3 is 0 Å². The van der Waals surface area contributed by atoms with Crippen LogP contribution in [0.15, 0.2) is 52.4 Å². The molecule has 0 aliphatic carbocycles. The normalized spacial score (nSPS) is 11.4. The van der Waals surface area contributed by atoms with Crippen LogP contribution in [0.2, 0.25) is 0 Å². The number of para-hydroxylation sites is 2. The predicted molar refractivity (Wildman–Crippen MR) is 97.3 cm³/mol. The van der Waals surface area contributed by atoms with Crippen molar-refractivity contribution in [3.05, 3.63) is 68.8 Å². The predicted octanol–water partition coefficient (Wildman–Crippen LogP) is 5.33. The lowest BCUT2D eigenvalue weighted by atomic mass is 10.0. The molecule has 2 heterocycles. The summed E-state index contributed by atoms with van der Waals surface area (Å²) in [5.74, 6) is 0. The van der Waals surface area contributed by atoms with Gasteiger partial charge in [-0.2, -0.15) is 0 Å². The molecule has 0 unspecified atom stereocenters. The summed E-state index contributed by atoms with van der Waals surface area (Å²) in [5, 5.41) is 6.78. The van der Waals surface area contributed by atoms with Crippen molar-refractivity contribution in [2.75, 3.05) is 0 Å². The van der Waals surface area contributed by atoms with E-state index < -0.39 is 0 Å². The first-order valence-corrected chi connectivity index (χ1v) is 8.13. The molecule has 0 amide bonds. The van der Waals surface area contributed by atoms with Crippen LogP contribution in [0.1, 0.15) is 25.3 Å². The summed E-state index contributed by atoms with van der Waals surface area (Å²) in [7, 11) is 0. The van der Waals surface area contributed by atoms with E-state index in [2.05, 4.69) is 16.9 Å². The maximum Gasteiger partial charge on any atom is 0.259 e. The molecule has 0 saturated heterocycles. The maximum absolute atomic E-state index is 13.2. The molecule has 5 heteroatoms. The van der Waals surface area contributed by atoms with E-state index >= 15 is 0 Å². The summed E-state index contributed by atoms with van der Waals surface area (Å²) < 4.78 is 1.78. The largest absolute Gasteiger partial charge is 0.275 e. The van der Waals surface area contributed by atoms with Gasteiger partial charge in [-0.15, -0.1) is 0 Å². The minimum absolute atomic E-state index is 0.0734. The van der Waals surface area contributed by atoms with E-state index in [4.69, 9.17) is 5.53 Å². The first kappa shape index (κ1) is 14.5. The number of hydrogen-bond donors (Lipinski definition) is 0. The topological polar surface area (TPSA) is 70.2 Å². The zero-order valence-corrected chi connectivity index (χ0v) is 13.4. The third-order valence-corrected chi connectivity index (χ3v) is 4.62. The molecule has 5 nitrogen and oxygen atoms in total. The number of rotatable bonds is 4. The second-order valence-electron chi connectivity index (χ2n) is 5.98. The molecule has 0 fully saturated rings. The molecule has 0 aliphatic rings. The van der Waals surface area contributed by atoms with Crippen LogP contribution in [0.25, 0.3) is 37.6 Å². The van der Waals surface area contributed by atoms with Crippen molar-refractivity contribution in [3.8, 4) is 0 Å². The van der Waals surface area contributed by atoms with Crippen molar-refractivity contribution in [1.82, 2.24) is 4.40 Å².